The first-order valence-electron chi connectivity index (χ1n) is 10.8. The van der Waals surface area contributed by atoms with E-state index in [0.717, 1.165) is 16.3 Å². The Morgan fingerprint density at radius 2 is 1.49 bits per heavy atom. The molecule has 0 aliphatic carbocycles. The molecule has 1 atom stereocenters. The molecule has 0 heterocycles. The minimum atomic E-state index is -1.05. The number of ketones is 1. The maximum atomic E-state index is 12.8. The lowest BCUT2D eigenvalue weighted by Gasteiger charge is -2.16. The van der Waals surface area contributed by atoms with Crippen LogP contribution in [0.2, 0.25) is 0 Å². The predicted octanol–water partition coefficient (Wildman–Crippen LogP) is 5.91. The maximum absolute atomic E-state index is 12.8. The molecule has 1 unspecified atom stereocenters. The van der Waals surface area contributed by atoms with Crippen LogP contribution < -0.4 is 16.0 Å². The number of nitrogens with one attached hydrogen (secondary N) is 3. The molecule has 7 nitrogen and oxygen atoms in total. The molecule has 4 N–H and O–H groups in total. The van der Waals surface area contributed by atoms with Crippen LogP contribution >= 0.6 is 24.0 Å². The van der Waals surface area contributed by atoms with E-state index in [4.69, 9.17) is 17.3 Å². The summed E-state index contributed by atoms with van der Waals surface area (Å²) in [6.45, 7) is 3.44. The lowest BCUT2D eigenvalue weighted by atomic mass is 10.1. The highest BCUT2D eigenvalue weighted by atomic mass is 32.2. The first-order valence-corrected chi connectivity index (χ1v) is 12.1. The van der Waals surface area contributed by atoms with Crippen LogP contribution in [0.25, 0.3) is 0 Å². The van der Waals surface area contributed by atoms with Crippen molar-refractivity contribution < 1.29 is 19.5 Å². The van der Waals surface area contributed by atoms with Crippen LogP contribution in [-0.4, -0.2) is 33.1 Å². The third-order valence-corrected chi connectivity index (χ3v) is 6.52. The summed E-state index contributed by atoms with van der Waals surface area (Å²) in [5.41, 5.74) is 2.70. The third-order valence-electron chi connectivity index (χ3n) is 4.96. The van der Waals surface area contributed by atoms with Crippen LogP contribution in [0.1, 0.15) is 41.0 Å². The molecule has 0 fully saturated rings. The number of aromatic carboxylic acids is 1. The summed E-state index contributed by atoms with van der Waals surface area (Å²) in [4.78, 5) is 36.3. The Balaban J connectivity index is 1.61. The van der Waals surface area contributed by atoms with E-state index in [1.54, 1.807) is 36.4 Å². The molecule has 1 amide bonds. The number of carbonyl (C=O) groups excluding carboxylic acids is 2. The molecule has 0 aliphatic rings. The van der Waals surface area contributed by atoms with Gasteiger partial charge in [-0.15, -0.1) is 11.8 Å². The monoisotopic (exact) mass is 507 g/mol. The molecule has 0 saturated carbocycles. The molecule has 0 bridgehead atoms. The van der Waals surface area contributed by atoms with Crippen molar-refractivity contribution >= 4 is 63.8 Å². The van der Waals surface area contributed by atoms with Crippen molar-refractivity contribution in [1.82, 2.24) is 0 Å². The molecule has 3 aromatic rings. The molecule has 35 heavy (non-hydrogen) atoms. The zero-order valence-corrected chi connectivity index (χ0v) is 20.8. The van der Waals surface area contributed by atoms with Crippen molar-refractivity contribution in [3.05, 3.63) is 83.9 Å². The number of carboxylic acids is 1. The highest BCUT2D eigenvalue weighted by Gasteiger charge is 2.19. The van der Waals surface area contributed by atoms with Gasteiger partial charge in [-0.05, 0) is 86.2 Å². The molecule has 3 aromatic carbocycles. The number of hydrogen-bond acceptors (Lipinski definition) is 5. The Kier molecular flexibility index (Phi) is 8.99. The van der Waals surface area contributed by atoms with Crippen molar-refractivity contribution in [3.8, 4) is 0 Å². The summed E-state index contributed by atoms with van der Waals surface area (Å²) in [5.74, 6) is -1.25. The van der Waals surface area contributed by atoms with Gasteiger partial charge in [0.15, 0.2) is 10.9 Å². The summed E-state index contributed by atoms with van der Waals surface area (Å²) in [6, 6.07) is 20.8. The van der Waals surface area contributed by atoms with Gasteiger partial charge in [-0.2, -0.15) is 0 Å². The standard InChI is InChI=1S/C26H25N3O4S2/c1-3-23(24(31)27-20-7-4-6-18(14-20)25(32)33)35-22-9-5-8-21(15-22)29-26(34)28-19-12-10-17(11-13-19)16(2)30/h4-15,23H,3H2,1-2H3,(H,27,31)(H,32,33)(H2,28,29,34). The minimum absolute atomic E-state index is 0.000545. The minimum Gasteiger partial charge on any atom is -0.478 e. The zero-order valence-electron chi connectivity index (χ0n) is 19.2. The van der Waals surface area contributed by atoms with Crippen molar-refractivity contribution in [1.29, 1.82) is 0 Å². The zero-order chi connectivity index (χ0) is 25.4. The predicted molar refractivity (Wildman–Crippen MR) is 145 cm³/mol. The van der Waals surface area contributed by atoms with Crippen LogP contribution in [0, 0.1) is 0 Å². The van der Waals surface area contributed by atoms with Gasteiger partial charge in [-0.25, -0.2) is 4.79 Å². The van der Waals surface area contributed by atoms with Gasteiger partial charge in [-0.1, -0.05) is 19.1 Å². The van der Waals surface area contributed by atoms with Gasteiger partial charge in [0.1, 0.15) is 0 Å². The maximum Gasteiger partial charge on any atom is 0.335 e. The van der Waals surface area contributed by atoms with Crippen LogP contribution in [0.3, 0.4) is 0 Å². The molecule has 0 saturated heterocycles. The lowest BCUT2D eigenvalue weighted by molar-refractivity contribution is -0.115. The summed E-state index contributed by atoms with van der Waals surface area (Å²) in [7, 11) is 0. The second kappa shape index (κ2) is 12.1. The van der Waals surface area contributed by atoms with Gasteiger partial charge in [-0.3, -0.25) is 9.59 Å². The average Bonchev–Trinajstić information content (AvgIpc) is 2.83. The molecule has 9 heteroatoms. The molecule has 3 rings (SSSR count). The molecular formula is C26H25N3O4S2. The topological polar surface area (TPSA) is 108 Å². The summed E-state index contributed by atoms with van der Waals surface area (Å²) < 4.78 is 0. The molecule has 180 valence electrons. The largest absolute Gasteiger partial charge is 0.478 e. The second-order valence-corrected chi connectivity index (χ2v) is 9.31. The smallest absolute Gasteiger partial charge is 0.335 e. The first-order chi connectivity index (χ1) is 16.7. The van der Waals surface area contributed by atoms with Gasteiger partial charge in [0.05, 0.1) is 10.8 Å². The fraction of sp³-hybridized carbons (Fsp3) is 0.154. The van der Waals surface area contributed by atoms with Crippen LogP contribution in [0.5, 0.6) is 0 Å². The molecule has 0 aromatic heterocycles. The van der Waals surface area contributed by atoms with E-state index in [0.29, 0.717) is 22.8 Å². The van der Waals surface area contributed by atoms with Gasteiger partial charge in [0.25, 0.3) is 0 Å². The number of thiocarbonyl (C=S) groups is 1. The molecule has 0 spiro atoms. The number of carboxylic acid groups (broad SMARTS) is 1. The van der Waals surface area contributed by atoms with E-state index < -0.39 is 5.97 Å². The van der Waals surface area contributed by atoms with Gasteiger partial charge < -0.3 is 21.1 Å². The Labute approximate surface area is 213 Å². The third kappa shape index (κ3) is 7.66. The number of anilines is 3. The van der Waals surface area contributed by atoms with Crippen LogP contribution in [0.15, 0.2) is 77.7 Å². The van der Waals surface area contributed by atoms with Crippen molar-refractivity contribution in [3.63, 3.8) is 0 Å². The van der Waals surface area contributed by atoms with Crippen LogP contribution in [-0.2, 0) is 4.79 Å². The van der Waals surface area contributed by atoms with E-state index in [2.05, 4.69) is 16.0 Å². The number of hydrogen-bond donors (Lipinski definition) is 4. The number of rotatable bonds is 9. The van der Waals surface area contributed by atoms with Crippen molar-refractivity contribution in [2.45, 2.75) is 30.4 Å². The van der Waals surface area contributed by atoms with Gasteiger partial charge in [0, 0.05) is 27.5 Å². The number of amides is 1. The van der Waals surface area contributed by atoms with Crippen molar-refractivity contribution in [2.24, 2.45) is 0 Å². The van der Waals surface area contributed by atoms with E-state index in [9.17, 15) is 14.4 Å². The normalized spacial score (nSPS) is 11.3. The number of thioether (sulfide) groups is 1. The van der Waals surface area contributed by atoms with E-state index >= 15 is 0 Å². The van der Waals surface area contributed by atoms with Gasteiger partial charge >= 0.3 is 5.97 Å². The number of benzene rings is 3. The fourth-order valence-corrected chi connectivity index (χ4v) is 4.42. The Hall–Kier alpha value is -3.69. The lowest BCUT2D eigenvalue weighted by Crippen LogP contribution is -2.24. The summed E-state index contributed by atoms with van der Waals surface area (Å²) in [5, 5.41) is 18.2. The van der Waals surface area contributed by atoms with Gasteiger partial charge in [0.2, 0.25) is 5.91 Å². The van der Waals surface area contributed by atoms with Crippen LogP contribution in [0.4, 0.5) is 17.1 Å². The first kappa shape index (κ1) is 25.9. The molecule has 0 aliphatic heterocycles. The quantitative estimate of drug-likeness (QED) is 0.161. The molecule has 0 radical (unpaired) electrons. The summed E-state index contributed by atoms with van der Waals surface area (Å²) in [6.07, 6.45) is 0.586. The fourth-order valence-electron chi connectivity index (χ4n) is 3.17. The number of Topliss-reactive ketones (excluding diaryl/α,β-unsaturated/α-hetero) is 1. The number of carbonyl (C=O) groups is 3. The Morgan fingerprint density at radius 1 is 0.857 bits per heavy atom. The average molecular weight is 508 g/mol. The van der Waals surface area contributed by atoms with E-state index in [1.165, 1.54) is 30.8 Å². The Bertz CT molecular complexity index is 1250. The molecular weight excluding hydrogens is 482 g/mol. The highest BCUT2D eigenvalue weighted by molar-refractivity contribution is 8.00. The summed E-state index contributed by atoms with van der Waals surface area (Å²) >= 11 is 6.81. The SMILES string of the molecule is CCC(Sc1cccc(NC(=S)Nc2ccc(C(C)=O)cc2)c1)C(=O)Nc1cccc(C(=O)O)c1. The second-order valence-electron chi connectivity index (χ2n) is 7.63. The Morgan fingerprint density at radius 3 is 2.11 bits per heavy atom. The van der Waals surface area contributed by atoms with Crippen molar-refractivity contribution in [2.75, 3.05) is 16.0 Å². The van der Waals surface area contributed by atoms with E-state index in [1.807, 2.05) is 31.2 Å². The highest BCUT2D eigenvalue weighted by Crippen LogP contribution is 2.29. The van der Waals surface area contributed by atoms with E-state index in [-0.39, 0.29) is 22.5 Å².